The van der Waals surface area contributed by atoms with Crippen molar-refractivity contribution in [2.24, 2.45) is 0 Å². The minimum Gasteiger partial charge on any atom is -0.398 e. The number of nitrogens with zero attached hydrogens (tertiary/aromatic N) is 1. The highest BCUT2D eigenvalue weighted by Crippen LogP contribution is 2.25. The lowest BCUT2D eigenvalue weighted by Crippen LogP contribution is -1.96. The summed E-state index contributed by atoms with van der Waals surface area (Å²) in [7, 11) is 0. The number of halogens is 1. The van der Waals surface area contributed by atoms with E-state index in [1.54, 1.807) is 13.0 Å². The summed E-state index contributed by atoms with van der Waals surface area (Å²) in [6, 6.07) is 3.09. The Balaban J connectivity index is 3.33. The number of hydrogen-bond donors (Lipinski definition) is 1. The third-order valence-corrected chi connectivity index (χ3v) is 2.45. The molecule has 0 aliphatic carbocycles. The van der Waals surface area contributed by atoms with Crippen molar-refractivity contribution < 1.29 is 4.92 Å². The van der Waals surface area contributed by atoms with Gasteiger partial charge in [0.2, 0.25) is 0 Å². The van der Waals surface area contributed by atoms with Crippen LogP contribution >= 0.6 is 22.6 Å². The van der Waals surface area contributed by atoms with Crippen LogP contribution in [0.25, 0.3) is 0 Å². The maximum Gasteiger partial charge on any atom is 0.273 e. The first-order valence-electron chi connectivity index (χ1n) is 3.22. The van der Waals surface area contributed by atoms with Gasteiger partial charge >= 0.3 is 0 Å². The van der Waals surface area contributed by atoms with Gasteiger partial charge in [-0.25, -0.2) is 0 Å². The van der Waals surface area contributed by atoms with E-state index >= 15 is 0 Å². The zero-order chi connectivity index (χ0) is 9.30. The van der Waals surface area contributed by atoms with Crippen LogP contribution in [-0.4, -0.2) is 4.92 Å². The largest absolute Gasteiger partial charge is 0.398 e. The Morgan fingerprint density at radius 1 is 1.58 bits per heavy atom. The summed E-state index contributed by atoms with van der Waals surface area (Å²) >= 11 is 1.97. The number of rotatable bonds is 1. The van der Waals surface area contributed by atoms with Crippen LogP contribution < -0.4 is 5.73 Å². The van der Waals surface area contributed by atoms with Gasteiger partial charge < -0.3 is 5.73 Å². The molecule has 0 spiro atoms. The third kappa shape index (κ3) is 1.66. The maximum atomic E-state index is 10.4. The Kier molecular flexibility index (Phi) is 2.51. The predicted octanol–water partition coefficient (Wildman–Crippen LogP) is 2.09. The van der Waals surface area contributed by atoms with Crippen LogP contribution in [0.15, 0.2) is 12.1 Å². The smallest absolute Gasteiger partial charge is 0.273 e. The van der Waals surface area contributed by atoms with Crippen molar-refractivity contribution in [3.05, 3.63) is 31.4 Å². The van der Waals surface area contributed by atoms with Crippen molar-refractivity contribution in [2.45, 2.75) is 6.92 Å². The molecule has 0 heterocycles. The maximum absolute atomic E-state index is 10.4. The van der Waals surface area contributed by atoms with Gasteiger partial charge in [-0.15, -0.1) is 0 Å². The highest BCUT2D eigenvalue weighted by atomic mass is 127. The first kappa shape index (κ1) is 9.24. The summed E-state index contributed by atoms with van der Waals surface area (Å²) in [4.78, 5) is 10.0. The number of nitrogens with two attached hydrogens (primary N) is 1. The molecule has 5 heteroatoms. The van der Waals surface area contributed by atoms with E-state index in [9.17, 15) is 10.1 Å². The van der Waals surface area contributed by atoms with Crippen LogP contribution in [-0.2, 0) is 0 Å². The summed E-state index contributed by atoms with van der Waals surface area (Å²) in [5, 5.41) is 10.4. The lowest BCUT2D eigenvalue weighted by atomic mass is 10.2. The van der Waals surface area contributed by atoms with Gasteiger partial charge in [-0.2, -0.15) is 0 Å². The zero-order valence-corrected chi connectivity index (χ0v) is 8.53. The van der Waals surface area contributed by atoms with Gasteiger partial charge in [-0.3, -0.25) is 10.1 Å². The molecule has 0 amide bonds. The molecular formula is C7H7IN2O2. The molecule has 0 fully saturated rings. The predicted molar refractivity (Wildman–Crippen MR) is 55.0 cm³/mol. The zero-order valence-electron chi connectivity index (χ0n) is 6.37. The molecule has 64 valence electrons. The van der Waals surface area contributed by atoms with E-state index in [0.717, 1.165) is 0 Å². The minimum atomic E-state index is -0.406. The van der Waals surface area contributed by atoms with Crippen molar-refractivity contribution in [2.75, 3.05) is 5.73 Å². The van der Waals surface area contributed by atoms with Crippen molar-refractivity contribution in [3.8, 4) is 0 Å². The van der Waals surface area contributed by atoms with Crippen molar-refractivity contribution >= 4 is 34.0 Å². The molecule has 12 heavy (non-hydrogen) atoms. The van der Waals surface area contributed by atoms with Crippen LogP contribution in [0.5, 0.6) is 0 Å². The van der Waals surface area contributed by atoms with Gasteiger partial charge in [-0.1, -0.05) is 0 Å². The average molecular weight is 278 g/mol. The van der Waals surface area contributed by atoms with Gasteiger partial charge in [-0.05, 0) is 35.6 Å². The Morgan fingerprint density at radius 3 is 2.67 bits per heavy atom. The van der Waals surface area contributed by atoms with Crippen LogP contribution in [0, 0.1) is 20.6 Å². The summed E-state index contributed by atoms with van der Waals surface area (Å²) in [6.07, 6.45) is 0. The summed E-state index contributed by atoms with van der Waals surface area (Å²) in [5.74, 6) is 0. The van der Waals surface area contributed by atoms with Gasteiger partial charge in [0.05, 0.1) is 4.92 Å². The van der Waals surface area contributed by atoms with Crippen molar-refractivity contribution in [3.63, 3.8) is 0 Å². The Labute approximate surface area is 83.1 Å². The molecule has 0 aliphatic heterocycles. The average Bonchev–Trinajstić information content (AvgIpc) is 1.96. The van der Waals surface area contributed by atoms with E-state index in [4.69, 9.17) is 5.73 Å². The first-order chi connectivity index (χ1) is 5.52. The molecule has 0 radical (unpaired) electrons. The highest BCUT2D eigenvalue weighted by Gasteiger charge is 2.11. The number of nitro groups is 1. The molecule has 0 saturated carbocycles. The Hall–Kier alpha value is -0.850. The number of aryl methyl sites for hydroxylation is 1. The molecule has 0 bridgehead atoms. The van der Waals surface area contributed by atoms with E-state index in [-0.39, 0.29) is 5.69 Å². The molecule has 0 atom stereocenters. The summed E-state index contributed by atoms with van der Waals surface area (Å²) < 4.78 is 0.713. The van der Waals surface area contributed by atoms with E-state index in [0.29, 0.717) is 14.8 Å². The molecule has 0 unspecified atom stereocenters. The number of hydrogen-bond acceptors (Lipinski definition) is 3. The quantitative estimate of drug-likeness (QED) is 0.370. The lowest BCUT2D eigenvalue weighted by Gasteiger charge is -2.00. The fourth-order valence-corrected chi connectivity index (χ4v) is 1.34. The molecule has 0 saturated heterocycles. The van der Waals surface area contributed by atoms with Gasteiger partial charge in [0.15, 0.2) is 0 Å². The number of nitrogen functional groups attached to an aromatic ring is 1. The standard InChI is InChI=1S/C7H7IN2O2/c1-4-2-6(9)5(8)3-7(4)10(11)12/h2-3H,9H2,1H3. The fourth-order valence-electron chi connectivity index (χ4n) is 0.890. The molecule has 1 aromatic rings. The van der Waals surface area contributed by atoms with Crippen molar-refractivity contribution in [1.29, 1.82) is 0 Å². The second-order valence-electron chi connectivity index (χ2n) is 2.42. The van der Waals surface area contributed by atoms with Gasteiger partial charge in [0, 0.05) is 20.9 Å². The monoisotopic (exact) mass is 278 g/mol. The highest BCUT2D eigenvalue weighted by molar-refractivity contribution is 14.1. The third-order valence-electron chi connectivity index (χ3n) is 1.51. The fraction of sp³-hybridized carbons (Fsp3) is 0.143. The number of benzene rings is 1. The summed E-state index contributed by atoms with van der Waals surface area (Å²) in [5.41, 5.74) is 6.86. The molecule has 4 nitrogen and oxygen atoms in total. The summed E-state index contributed by atoms with van der Waals surface area (Å²) in [6.45, 7) is 1.67. The number of nitro benzene ring substituents is 1. The van der Waals surface area contributed by atoms with Gasteiger partial charge in [0.1, 0.15) is 0 Å². The van der Waals surface area contributed by atoms with Crippen LogP contribution in [0.1, 0.15) is 5.56 Å². The lowest BCUT2D eigenvalue weighted by molar-refractivity contribution is -0.385. The SMILES string of the molecule is Cc1cc(N)c(I)cc1[N+](=O)[O-]. The van der Waals surface area contributed by atoms with Crippen LogP contribution in [0.3, 0.4) is 0 Å². The van der Waals surface area contributed by atoms with Crippen LogP contribution in [0.4, 0.5) is 11.4 Å². The number of anilines is 1. The van der Waals surface area contributed by atoms with E-state index in [1.165, 1.54) is 6.07 Å². The molecule has 1 aromatic carbocycles. The molecular weight excluding hydrogens is 271 g/mol. The second-order valence-corrected chi connectivity index (χ2v) is 3.58. The Bertz CT molecular complexity index is 338. The topological polar surface area (TPSA) is 69.2 Å². The van der Waals surface area contributed by atoms with E-state index in [2.05, 4.69) is 0 Å². The first-order valence-corrected chi connectivity index (χ1v) is 4.30. The second kappa shape index (κ2) is 3.26. The normalized spacial score (nSPS) is 9.83. The molecule has 0 aliphatic rings. The van der Waals surface area contributed by atoms with E-state index < -0.39 is 4.92 Å². The van der Waals surface area contributed by atoms with E-state index in [1.807, 2.05) is 22.6 Å². The molecule has 0 aromatic heterocycles. The molecule has 2 N–H and O–H groups in total. The Morgan fingerprint density at radius 2 is 2.17 bits per heavy atom. The molecule has 1 rings (SSSR count). The minimum absolute atomic E-state index is 0.119. The van der Waals surface area contributed by atoms with Gasteiger partial charge in [0.25, 0.3) is 5.69 Å². The van der Waals surface area contributed by atoms with Crippen molar-refractivity contribution in [1.82, 2.24) is 0 Å². The van der Waals surface area contributed by atoms with Crippen LogP contribution in [0.2, 0.25) is 0 Å².